The summed E-state index contributed by atoms with van der Waals surface area (Å²) < 4.78 is 32.9. The predicted molar refractivity (Wildman–Crippen MR) is 73.1 cm³/mol. The number of piperazine rings is 1. The summed E-state index contributed by atoms with van der Waals surface area (Å²) in [4.78, 5) is 1.84. The number of fused-ring (bicyclic) bond motifs is 1. The smallest absolute Gasteiger partial charge is 0.185 e. The Labute approximate surface area is 116 Å². The van der Waals surface area contributed by atoms with E-state index in [1.54, 1.807) is 6.07 Å². The molecule has 1 aliphatic rings. The Morgan fingerprint density at radius 3 is 2.95 bits per heavy atom. The molecule has 1 aliphatic heterocycles. The zero-order valence-corrected chi connectivity index (χ0v) is 11.3. The van der Waals surface area contributed by atoms with Crippen LogP contribution in [0.15, 0.2) is 22.8 Å². The van der Waals surface area contributed by atoms with Gasteiger partial charge in [-0.15, -0.1) is 12.4 Å². The second-order valence-corrected chi connectivity index (χ2v) is 4.66. The lowest BCUT2D eigenvalue weighted by Crippen LogP contribution is -2.49. The van der Waals surface area contributed by atoms with Crippen LogP contribution in [0.1, 0.15) is 6.92 Å². The van der Waals surface area contributed by atoms with Gasteiger partial charge in [0.25, 0.3) is 0 Å². The molecule has 3 nitrogen and oxygen atoms in total. The Balaban J connectivity index is 0.00000133. The van der Waals surface area contributed by atoms with Crippen molar-refractivity contribution in [1.82, 2.24) is 5.32 Å². The first kappa shape index (κ1) is 14.1. The minimum atomic E-state index is -0.829. The van der Waals surface area contributed by atoms with E-state index in [1.807, 2.05) is 11.8 Å². The van der Waals surface area contributed by atoms with E-state index in [-0.39, 0.29) is 24.1 Å². The molecule has 104 valence electrons. The van der Waals surface area contributed by atoms with Gasteiger partial charge >= 0.3 is 0 Å². The second-order valence-electron chi connectivity index (χ2n) is 4.66. The van der Waals surface area contributed by atoms with E-state index in [9.17, 15) is 8.78 Å². The first-order chi connectivity index (χ1) is 8.66. The van der Waals surface area contributed by atoms with Crippen molar-refractivity contribution in [3.63, 3.8) is 0 Å². The average molecular weight is 289 g/mol. The highest BCUT2D eigenvalue weighted by Crippen LogP contribution is 2.33. The van der Waals surface area contributed by atoms with Crippen LogP contribution < -0.4 is 10.2 Å². The number of nitrogens with one attached hydrogen (secondary N) is 1. The molecule has 0 spiro atoms. The summed E-state index contributed by atoms with van der Waals surface area (Å²) in [6, 6.07) is 3.06. The average Bonchev–Trinajstić information content (AvgIpc) is 2.78. The molecule has 0 radical (unpaired) electrons. The first-order valence-electron chi connectivity index (χ1n) is 6.00. The standard InChI is InChI=1S/C13H14F2N2O.ClH/c1-8-7-17(4-3-16-8)12-11(15)10(14)6-9-2-5-18-13(9)12;/h2,5-6,8,16H,3-4,7H2,1H3;1H/t8-;/m0./s1. The molecular formula is C13H15ClF2N2O. The van der Waals surface area contributed by atoms with Crippen molar-refractivity contribution in [2.24, 2.45) is 0 Å². The lowest BCUT2D eigenvalue weighted by atomic mass is 10.1. The molecule has 0 aliphatic carbocycles. The Kier molecular flexibility index (Phi) is 3.96. The molecule has 1 fully saturated rings. The molecule has 1 N–H and O–H groups in total. The summed E-state index contributed by atoms with van der Waals surface area (Å²) in [5.41, 5.74) is 0.659. The molecule has 1 atom stereocenters. The Bertz CT molecular complexity index is 587. The van der Waals surface area contributed by atoms with Crippen LogP contribution in [0.3, 0.4) is 0 Å². The largest absolute Gasteiger partial charge is 0.462 e. The van der Waals surface area contributed by atoms with Gasteiger partial charge in [0, 0.05) is 31.1 Å². The maximum absolute atomic E-state index is 14.0. The van der Waals surface area contributed by atoms with Gasteiger partial charge in [-0.05, 0) is 19.1 Å². The SMILES string of the molecule is C[C@H]1CN(c2c(F)c(F)cc3ccoc23)CCN1.Cl. The van der Waals surface area contributed by atoms with Gasteiger partial charge < -0.3 is 14.6 Å². The van der Waals surface area contributed by atoms with Crippen molar-refractivity contribution >= 4 is 29.1 Å². The summed E-state index contributed by atoms with van der Waals surface area (Å²) in [5.74, 6) is -1.66. The molecule has 1 saturated heterocycles. The van der Waals surface area contributed by atoms with Crippen LogP contribution in [-0.4, -0.2) is 25.7 Å². The number of rotatable bonds is 1. The third-order valence-corrected chi connectivity index (χ3v) is 3.30. The summed E-state index contributed by atoms with van der Waals surface area (Å²) in [5, 5.41) is 3.86. The van der Waals surface area contributed by atoms with E-state index in [1.165, 1.54) is 12.3 Å². The van der Waals surface area contributed by atoms with Crippen molar-refractivity contribution in [1.29, 1.82) is 0 Å². The summed E-state index contributed by atoms with van der Waals surface area (Å²) in [6.45, 7) is 4.04. The number of halogens is 3. The molecule has 3 rings (SSSR count). The van der Waals surface area contributed by atoms with Gasteiger partial charge in [0.15, 0.2) is 17.2 Å². The van der Waals surface area contributed by atoms with Crippen LogP contribution in [0, 0.1) is 11.6 Å². The molecule has 0 saturated carbocycles. The van der Waals surface area contributed by atoms with Crippen molar-refractivity contribution < 1.29 is 13.2 Å². The van der Waals surface area contributed by atoms with Crippen molar-refractivity contribution in [2.45, 2.75) is 13.0 Å². The molecule has 1 aromatic carbocycles. The second kappa shape index (κ2) is 5.35. The highest BCUT2D eigenvalue weighted by molar-refractivity contribution is 5.90. The van der Waals surface area contributed by atoms with Crippen LogP contribution >= 0.6 is 12.4 Å². The molecule has 6 heteroatoms. The normalized spacial score (nSPS) is 19.5. The van der Waals surface area contributed by atoms with Crippen LogP contribution in [0.25, 0.3) is 11.0 Å². The van der Waals surface area contributed by atoms with Gasteiger partial charge in [-0.2, -0.15) is 0 Å². The Morgan fingerprint density at radius 2 is 2.21 bits per heavy atom. The number of furan rings is 1. The van der Waals surface area contributed by atoms with Crippen molar-refractivity contribution in [2.75, 3.05) is 24.5 Å². The van der Waals surface area contributed by atoms with E-state index in [4.69, 9.17) is 4.42 Å². The predicted octanol–water partition coefficient (Wildman–Crippen LogP) is 2.93. The van der Waals surface area contributed by atoms with Gasteiger partial charge in [-0.3, -0.25) is 0 Å². The first-order valence-corrected chi connectivity index (χ1v) is 6.00. The molecule has 1 aromatic heterocycles. The van der Waals surface area contributed by atoms with E-state index in [0.717, 1.165) is 6.54 Å². The number of anilines is 1. The fraction of sp³-hybridized carbons (Fsp3) is 0.385. The summed E-state index contributed by atoms with van der Waals surface area (Å²) >= 11 is 0. The van der Waals surface area contributed by atoms with Crippen molar-refractivity contribution in [3.05, 3.63) is 30.0 Å². The van der Waals surface area contributed by atoms with Crippen molar-refractivity contribution in [3.8, 4) is 0 Å². The fourth-order valence-electron chi connectivity index (χ4n) is 2.46. The minimum Gasteiger partial charge on any atom is -0.462 e. The highest BCUT2D eigenvalue weighted by Gasteiger charge is 2.24. The molecule has 19 heavy (non-hydrogen) atoms. The molecule has 2 heterocycles. The van der Waals surface area contributed by atoms with Gasteiger partial charge in [-0.25, -0.2) is 8.78 Å². The third kappa shape index (κ3) is 2.40. The van der Waals surface area contributed by atoms with E-state index in [2.05, 4.69) is 5.32 Å². The van der Waals surface area contributed by atoms with Gasteiger partial charge in [0.1, 0.15) is 5.69 Å². The fourth-order valence-corrected chi connectivity index (χ4v) is 2.46. The van der Waals surface area contributed by atoms with Crippen LogP contribution in [0.5, 0.6) is 0 Å². The lowest BCUT2D eigenvalue weighted by Gasteiger charge is -2.33. The number of nitrogens with zero attached hydrogens (tertiary/aromatic N) is 1. The van der Waals surface area contributed by atoms with Crippen LogP contribution in [0.4, 0.5) is 14.5 Å². The van der Waals surface area contributed by atoms with Gasteiger partial charge in [0.05, 0.1) is 6.26 Å². The topological polar surface area (TPSA) is 28.4 Å². The number of benzene rings is 1. The quantitative estimate of drug-likeness (QED) is 0.874. The number of hydrogen-bond donors (Lipinski definition) is 1. The molecule has 0 bridgehead atoms. The third-order valence-electron chi connectivity index (χ3n) is 3.30. The minimum absolute atomic E-state index is 0. The zero-order valence-electron chi connectivity index (χ0n) is 10.5. The summed E-state index contributed by atoms with van der Waals surface area (Å²) in [6.07, 6.45) is 1.46. The summed E-state index contributed by atoms with van der Waals surface area (Å²) in [7, 11) is 0. The van der Waals surface area contributed by atoms with Gasteiger partial charge in [0.2, 0.25) is 0 Å². The molecular weight excluding hydrogens is 274 g/mol. The van der Waals surface area contributed by atoms with Crippen LogP contribution in [0.2, 0.25) is 0 Å². The maximum atomic E-state index is 14.0. The Morgan fingerprint density at radius 1 is 1.42 bits per heavy atom. The lowest BCUT2D eigenvalue weighted by molar-refractivity contribution is 0.465. The zero-order chi connectivity index (χ0) is 12.7. The van der Waals surface area contributed by atoms with Crippen LogP contribution in [-0.2, 0) is 0 Å². The maximum Gasteiger partial charge on any atom is 0.185 e. The molecule has 0 unspecified atom stereocenters. The Hall–Kier alpha value is -1.33. The van der Waals surface area contributed by atoms with Gasteiger partial charge in [-0.1, -0.05) is 0 Å². The van der Waals surface area contributed by atoms with E-state index < -0.39 is 11.6 Å². The highest BCUT2D eigenvalue weighted by atomic mass is 35.5. The monoisotopic (exact) mass is 288 g/mol. The van der Waals surface area contributed by atoms with E-state index in [0.29, 0.717) is 24.1 Å². The molecule has 2 aromatic rings. The van der Waals surface area contributed by atoms with E-state index >= 15 is 0 Å². The molecule has 0 amide bonds. The number of hydrogen-bond acceptors (Lipinski definition) is 3.